The molecular weight excluding hydrogens is 713 g/mol. The average Bonchev–Trinajstić information content (AvgIpc) is 4.05. The lowest BCUT2D eigenvalue weighted by molar-refractivity contribution is -0.160. The maximum Gasteiger partial charge on any atom is 0.503 e. The number of hydrogen-bond donors (Lipinski definition) is 4. The summed E-state index contributed by atoms with van der Waals surface area (Å²) in [6, 6.07) is 9.99. The molecule has 2 fully saturated rings. The summed E-state index contributed by atoms with van der Waals surface area (Å²) in [4.78, 5) is 30.2. The first-order valence-corrected chi connectivity index (χ1v) is 19.4. The highest BCUT2D eigenvalue weighted by Gasteiger charge is 2.41. The number of hydroxylamine groups is 4. The highest BCUT2D eigenvalue weighted by atomic mass is 32.2. The molecule has 0 radical (unpaired) electrons. The summed E-state index contributed by atoms with van der Waals surface area (Å²) in [5.41, 5.74) is 3.93. The molecule has 2 aromatic carbocycles. The second-order valence-corrected chi connectivity index (χ2v) is 16.7. The largest absolute Gasteiger partial charge is 0.503 e. The number of methoxy groups -OCH3 is 2. The number of sulfonamides is 2. The van der Waals surface area contributed by atoms with E-state index in [1.807, 2.05) is 30.3 Å². The van der Waals surface area contributed by atoms with Gasteiger partial charge in [-0.25, -0.2) is 31.8 Å². The van der Waals surface area contributed by atoms with Gasteiger partial charge < -0.3 is 19.7 Å². The molecule has 2 amide bonds. The van der Waals surface area contributed by atoms with Gasteiger partial charge in [0.2, 0.25) is 32.9 Å². The summed E-state index contributed by atoms with van der Waals surface area (Å²) in [5.74, 6) is 0.819. The minimum atomic E-state index is -3.62. The van der Waals surface area contributed by atoms with Crippen LogP contribution in [0.3, 0.4) is 0 Å². The number of ether oxygens (including phenoxy) is 2. The minimum Gasteiger partial charge on any atom is -0.493 e. The van der Waals surface area contributed by atoms with E-state index >= 15 is 0 Å². The fourth-order valence-corrected chi connectivity index (χ4v) is 9.72. The Kier molecular flexibility index (Phi) is 13.3. The van der Waals surface area contributed by atoms with Crippen LogP contribution in [0.4, 0.5) is 4.79 Å². The third-order valence-corrected chi connectivity index (χ3v) is 12.9. The van der Waals surface area contributed by atoms with Crippen LogP contribution < -0.4 is 9.47 Å². The number of rotatable bonds is 14. The van der Waals surface area contributed by atoms with Crippen molar-refractivity contribution in [2.45, 2.75) is 63.8 Å². The number of benzene rings is 2. The predicted octanol–water partition coefficient (Wildman–Crippen LogP) is 2.20. The Bertz CT molecular complexity index is 1740. The van der Waals surface area contributed by atoms with Crippen molar-refractivity contribution in [2.75, 3.05) is 32.3 Å². The zero-order chi connectivity index (χ0) is 37.5. The van der Waals surface area contributed by atoms with Crippen molar-refractivity contribution in [3.05, 3.63) is 58.7 Å². The SMILES string of the molecule is COc1cc2c(cc1OC)CN(S(=O)(=O)CC(C1CC1)N(O)C=O)CC2.O=C(O)O.O=CN(O)C(CS(=O)(=O)N1Cc2ccccc2C1)C1CC1. The summed E-state index contributed by atoms with van der Waals surface area (Å²) in [6.07, 6.45) is 2.66. The van der Waals surface area contributed by atoms with Gasteiger partial charge in [0.25, 0.3) is 0 Å². The quantitative estimate of drug-likeness (QED) is 0.123. The minimum absolute atomic E-state index is 0.0430. The van der Waals surface area contributed by atoms with Gasteiger partial charge in [-0.15, -0.1) is 0 Å². The van der Waals surface area contributed by atoms with Crippen molar-refractivity contribution in [3.63, 3.8) is 0 Å². The Morgan fingerprint density at radius 1 is 0.765 bits per heavy atom. The van der Waals surface area contributed by atoms with Gasteiger partial charge in [-0.05, 0) is 78.3 Å². The fourth-order valence-electron chi connectivity index (χ4n) is 6.21. The molecule has 17 nitrogen and oxygen atoms in total. The van der Waals surface area contributed by atoms with E-state index in [-0.39, 0.29) is 42.7 Å². The van der Waals surface area contributed by atoms with E-state index in [0.717, 1.165) is 47.9 Å². The molecule has 4 N–H and O–H groups in total. The Labute approximate surface area is 296 Å². The maximum atomic E-state index is 12.9. The van der Waals surface area contributed by atoms with E-state index in [2.05, 4.69) is 0 Å². The van der Waals surface area contributed by atoms with E-state index in [1.165, 1.54) is 15.7 Å². The van der Waals surface area contributed by atoms with Gasteiger partial charge in [-0.3, -0.25) is 20.0 Å². The van der Waals surface area contributed by atoms with Gasteiger partial charge >= 0.3 is 6.16 Å². The molecular formula is C32H44N4O13S2. The fraction of sp³-hybridized carbons (Fsp3) is 0.531. The second-order valence-electron chi connectivity index (χ2n) is 12.7. The predicted molar refractivity (Wildman–Crippen MR) is 180 cm³/mol. The number of carbonyl (C=O) groups excluding carboxylic acids is 2. The number of amides is 2. The van der Waals surface area contributed by atoms with E-state index in [9.17, 15) is 36.8 Å². The van der Waals surface area contributed by atoms with Crippen molar-refractivity contribution in [3.8, 4) is 11.5 Å². The topological polar surface area (TPSA) is 232 Å². The van der Waals surface area contributed by atoms with Crippen LogP contribution in [-0.4, -0.2) is 120 Å². The van der Waals surface area contributed by atoms with Gasteiger partial charge in [0.1, 0.15) is 0 Å². The van der Waals surface area contributed by atoms with Crippen molar-refractivity contribution >= 4 is 39.0 Å². The van der Waals surface area contributed by atoms with Crippen LogP contribution in [-0.2, 0) is 55.7 Å². The number of carbonyl (C=O) groups is 3. The van der Waals surface area contributed by atoms with Crippen LogP contribution in [0.25, 0.3) is 0 Å². The molecule has 2 atom stereocenters. The lowest BCUT2D eigenvalue weighted by Gasteiger charge is -2.31. The lowest BCUT2D eigenvalue weighted by Crippen LogP contribution is -2.45. The van der Waals surface area contributed by atoms with Crippen molar-refractivity contribution in [1.29, 1.82) is 0 Å². The second kappa shape index (κ2) is 17.0. The van der Waals surface area contributed by atoms with Crippen molar-refractivity contribution in [2.24, 2.45) is 11.8 Å². The first-order chi connectivity index (χ1) is 24.1. The summed E-state index contributed by atoms with van der Waals surface area (Å²) in [6.45, 7) is 1.32. The lowest BCUT2D eigenvalue weighted by atomic mass is 10.0. The van der Waals surface area contributed by atoms with Crippen molar-refractivity contribution in [1.82, 2.24) is 18.7 Å². The Morgan fingerprint density at radius 3 is 1.55 bits per heavy atom. The first-order valence-electron chi connectivity index (χ1n) is 16.2. The van der Waals surface area contributed by atoms with Crippen LogP contribution in [0, 0.1) is 11.8 Å². The standard InChI is InChI=1S/C17H24N2O6S.C14H18N2O4S.CH2O3/c1-24-16-7-13-5-6-18(9-14(13)8-17(16)25-2)26(22,23)10-15(12-3-4-12)19(21)11-20;17-10-16(18)14(11-5-6-11)9-21(19,20)15-7-12-3-1-2-4-13(12)8-15;2-1(3)4/h7-8,11-12,15,21H,3-6,9-10H2,1-2H3;1-4,10-11,14,18H,5-9H2;(H2,2,3,4). The molecule has 0 bridgehead atoms. The van der Waals surface area contributed by atoms with Gasteiger partial charge in [0.15, 0.2) is 11.5 Å². The van der Waals surface area contributed by atoms with Crippen LogP contribution in [0.5, 0.6) is 11.5 Å². The van der Waals surface area contributed by atoms with Gasteiger partial charge in [-0.2, -0.15) is 8.61 Å². The zero-order valence-electron chi connectivity index (χ0n) is 28.3. The third kappa shape index (κ3) is 10.5. The summed E-state index contributed by atoms with van der Waals surface area (Å²) in [7, 11) is -4.03. The molecule has 2 aliphatic heterocycles. The average molecular weight is 757 g/mol. The van der Waals surface area contributed by atoms with Gasteiger partial charge in [0.05, 0.1) is 37.8 Å². The molecule has 282 valence electrons. The molecule has 4 aliphatic rings. The van der Waals surface area contributed by atoms with Crippen molar-refractivity contribution < 1.29 is 61.3 Å². The Hall–Kier alpha value is -4.01. The molecule has 2 heterocycles. The number of carboxylic acid groups (broad SMARTS) is 2. The van der Waals surface area contributed by atoms with E-state index < -0.39 is 38.3 Å². The van der Waals surface area contributed by atoms with Gasteiger partial charge in [-0.1, -0.05) is 24.3 Å². The first kappa shape index (κ1) is 39.8. The molecule has 0 aromatic heterocycles. The van der Waals surface area contributed by atoms with Crippen LogP contribution in [0.15, 0.2) is 36.4 Å². The molecule has 2 unspecified atom stereocenters. The Balaban J connectivity index is 0.000000211. The van der Waals surface area contributed by atoms with E-state index in [4.69, 9.17) is 24.5 Å². The number of fused-ring (bicyclic) bond motifs is 2. The molecule has 0 saturated heterocycles. The molecule has 51 heavy (non-hydrogen) atoms. The highest BCUT2D eigenvalue weighted by Crippen LogP contribution is 2.38. The molecule has 0 spiro atoms. The molecule has 6 rings (SSSR count). The number of nitrogens with zero attached hydrogens (tertiary/aromatic N) is 4. The third-order valence-electron chi connectivity index (χ3n) is 9.27. The van der Waals surface area contributed by atoms with Crippen LogP contribution in [0.2, 0.25) is 0 Å². The summed E-state index contributed by atoms with van der Waals surface area (Å²) < 4.78 is 64.2. The normalized spacial score (nSPS) is 18.3. The Morgan fingerprint density at radius 2 is 1.16 bits per heavy atom. The summed E-state index contributed by atoms with van der Waals surface area (Å²) in [5, 5.41) is 34.3. The highest BCUT2D eigenvalue weighted by molar-refractivity contribution is 7.89. The molecule has 2 saturated carbocycles. The van der Waals surface area contributed by atoms with Gasteiger partial charge in [0, 0.05) is 26.2 Å². The van der Waals surface area contributed by atoms with Crippen LogP contribution in [0.1, 0.15) is 47.9 Å². The smallest absolute Gasteiger partial charge is 0.493 e. The maximum absolute atomic E-state index is 12.9. The molecule has 2 aromatic rings. The summed E-state index contributed by atoms with van der Waals surface area (Å²) >= 11 is 0. The number of hydrogen-bond acceptors (Lipinski definition) is 11. The molecule has 19 heteroatoms. The van der Waals surface area contributed by atoms with E-state index in [0.29, 0.717) is 47.7 Å². The van der Waals surface area contributed by atoms with Crippen LogP contribution >= 0.6 is 0 Å². The molecule has 2 aliphatic carbocycles. The van der Waals surface area contributed by atoms with E-state index in [1.54, 1.807) is 13.2 Å². The monoisotopic (exact) mass is 756 g/mol. The zero-order valence-corrected chi connectivity index (χ0v) is 29.9.